The maximum Gasteiger partial charge on any atom is 0.326 e. The molecule has 2 atom stereocenters. The lowest BCUT2D eigenvalue weighted by Gasteiger charge is -2.14. The molecule has 0 fully saturated rings. The molecule has 3 rings (SSSR count). The number of carbonyl (C=O) groups is 3. The molecular weight excluding hydrogens is 416 g/mol. The van der Waals surface area contributed by atoms with Crippen LogP contribution < -0.4 is 22.1 Å². The van der Waals surface area contributed by atoms with Crippen LogP contribution in [0.1, 0.15) is 53.1 Å². The zero-order valence-corrected chi connectivity index (χ0v) is 17.4. The summed E-state index contributed by atoms with van der Waals surface area (Å²) in [6, 6.07) is 5.64. The fraction of sp³-hybridized carbons (Fsp3) is 0.381. The number of nitrogens with zero attached hydrogens (tertiary/aromatic N) is 2. The molecule has 1 unspecified atom stereocenters. The van der Waals surface area contributed by atoms with E-state index in [0.29, 0.717) is 17.2 Å². The third-order valence-electron chi connectivity index (χ3n) is 5.40. The van der Waals surface area contributed by atoms with E-state index in [1.807, 2.05) is 12.1 Å². The summed E-state index contributed by atoms with van der Waals surface area (Å²) in [6.07, 6.45) is 2.03. The Labute approximate surface area is 184 Å². The van der Waals surface area contributed by atoms with Gasteiger partial charge in [-0.05, 0) is 43.4 Å². The molecule has 2 heterocycles. The van der Waals surface area contributed by atoms with E-state index < -0.39 is 23.9 Å². The summed E-state index contributed by atoms with van der Waals surface area (Å²) in [5, 5.41) is 23.5. The number of hydrogen-bond donors (Lipinski definition) is 6. The Bertz CT molecular complexity index is 1010. The number of benzene rings is 1. The summed E-state index contributed by atoms with van der Waals surface area (Å²) in [5.74, 6) is -1.50. The van der Waals surface area contributed by atoms with Crippen molar-refractivity contribution in [2.75, 3.05) is 23.3 Å². The van der Waals surface area contributed by atoms with Gasteiger partial charge in [-0.15, -0.1) is 0 Å². The molecule has 0 saturated heterocycles. The van der Waals surface area contributed by atoms with Crippen molar-refractivity contribution in [2.24, 2.45) is 0 Å². The fourth-order valence-corrected chi connectivity index (χ4v) is 3.75. The number of nitrogens with one attached hydrogen (secondary N) is 2. The number of hydrogen-bond acceptors (Lipinski definition) is 8. The first-order chi connectivity index (χ1) is 15.2. The number of aryl methyl sites for hydroxylation is 1. The third-order valence-corrected chi connectivity index (χ3v) is 5.40. The highest BCUT2D eigenvalue weighted by atomic mass is 16.4. The van der Waals surface area contributed by atoms with Gasteiger partial charge in [0.2, 0.25) is 5.95 Å². The van der Waals surface area contributed by atoms with Gasteiger partial charge in [-0.25, -0.2) is 4.79 Å². The van der Waals surface area contributed by atoms with Crippen LogP contribution in [0.5, 0.6) is 0 Å². The van der Waals surface area contributed by atoms with Gasteiger partial charge in [0.1, 0.15) is 17.7 Å². The SMILES string of the molecule is Nc1nc(N)c2c(n1)NCC2CCCc1ccc(C(=O)N[C@@H](CCC(=O)O)C(=O)O)cc1. The van der Waals surface area contributed by atoms with Crippen LogP contribution in [-0.4, -0.2) is 50.6 Å². The zero-order valence-electron chi connectivity index (χ0n) is 17.4. The molecule has 8 N–H and O–H groups in total. The fourth-order valence-electron chi connectivity index (χ4n) is 3.75. The number of carbonyl (C=O) groups excluding carboxylic acids is 1. The highest BCUT2D eigenvalue weighted by molar-refractivity contribution is 5.96. The topological polar surface area (TPSA) is 194 Å². The van der Waals surface area contributed by atoms with Crippen LogP contribution in [0.2, 0.25) is 0 Å². The molecular formula is C21H26N6O5. The van der Waals surface area contributed by atoms with Crippen LogP contribution >= 0.6 is 0 Å². The van der Waals surface area contributed by atoms with Crippen molar-refractivity contribution >= 4 is 35.4 Å². The summed E-state index contributed by atoms with van der Waals surface area (Å²) in [7, 11) is 0. The minimum atomic E-state index is -1.27. The first-order valence-electron chi connectivity index (χ1n) is 10.3. The number of fused-ring (bicyclic) bond motifs is 1. The number of aliphatic carboxylic acids is 2. The Balaban J connectivity index is 1.52. The molecule has 2 aromatic rings. The number of carboxylic acid groups (broad SMARTS) is 2. The normalized spacial score (nSPS) is 15.4. The molecule has 0 aliphatic carbocycles. The number of carboxylic acids is 2. The first-order valence-corrected chi connectivity index (χ1v) is 10.3. The number of rotatable bonds is 10. The minimum absolute atomic E-state index is 0.148. The smallest absolute Gasteiger partial charge is 0.326 e. The van der Waals surface area contributed by atoms with Gasteiger partial charge in [0.05, 0.1) is 0 Å². The molecule has 1 aliphatic heterocycles. The second-order valence-electron chi connectivity index (χ2n) is 7.69. The molecule has 0 saturated carbocycles. The van der Waals surface area contributed by atoms with Crippen molar-refractivity contribution in [1.29, 1.82) is 0 Å². The molecule has 1 aromatic heterocycles. The number of aromatic nitrogens is 2. The molecule has 1 aliphatic rings. The largest absolute Gasteiger partial charge is 0.481 e. The van der Waals surface area contributed by atoms with E-state index in [1.54, 1.807) is 12.1 Å². The maximum atomic E-state index is 12.3. The Morgan fingerprint density at radius 2 is 1.88 bits per heavy atom. The van der Waals surface area contributed by atoms with E-state index in [0.717, 1.165) is 36.9 Å². The van der Waals surface area contributed by atoms with Crippen LogP contribution in [0.25, 0.3) is 0 Å². The van der Waals surface area contributed by atoms with E-state index >= 15 is 0 Å². The molecule has 11 heteroatoms. The highest BCUT2D eigenvalue weighted by Gasteiger charge is 2.27. The highest BCUT2D eigenvalue weighted by Crippen LogP contribution is 2.36. The summed E-state index contributed by atoms with van der Waals surface area (Å²) < 4.78 is 0. The maximum absolute atomic E-state index is 12.3. The van der Waals surface area contributed by atoms with Crippen molar-refractivity contribution in [3.8, 4) is 0 Å². The second-order valence-corrected chi connectivity index (χ2v) is 7.69. The number of amides is 1. The molecule has 0 spiro atoms. The first kappa shape index (κ1) is 22.8. The van der Waals surface area contributed by atoms with Crippen molar-refractivity contribution in [3.63, 3.8) is 0 Å². The van der Waals surface area contributed by atoms with Crippen molar-refractivity contribution in [3.05, 3.63) is 41.0 Å². The van der Waals surface area contributed by atoms with Crippen LogP contribution in [0.4, 0.5) is 17.6 Å². The van der Waals surface area contributed by atoms with Gasteiger partial charge < -0.3 is 32.3 Å². The lowest BCUT2D eigenvalue weighted by Crippen LogP contribution is -2.41. The van der Waals surface area contributed by atoms with E-state index in [9.17, 15) is 19.5 Å². The van der Waals surface area contributed by atoms with Gasteiger partial charge in [-0.1, -0.05) is 12.1 Å². The van der Waals surface area contributed by atoms with Crippen molar-refractivity contribution in [2.45, 2.75) is 44.1 Å². The van der Waals surface area contributed by atoms with Gasteiger partial charge in [-0.3, -0.25) is 9.59 Å². The van der Waals surface area contributed by atoms with E-state index in [-0.39, 0.29) is 24.7 Å². The number of nitrogens with two attached hydrogens (primary N) is 2. The Hall–Kier alpha value is -3.89. The monoisotopic (exact) mass is 442 g/mol. The molecule has 11 nitrogen and oxygen atoms in total. The lowest BCUT2D eigenvalue weighted by molar-refractivity contribution is -0.140. The van der Waals surface area contributed by atoms with E-state index in [1.165, 1.54) is 0 Å². The summed E-state index contributed by atoms with van der Waals surface area (Å²) in [6.45, 7) is 0.726. The molecule has 170 valence electrons. The minimum Gasteiger partial charge on any atom is -0.481 e. The zero-order chi connectivity index (χ0) is 23.3. The summed E-state index contributed by atoms with van der Waals surface area (Å²) in [4.78, 5) is 42.4. The van der Waals surface area contributed by atoms with Crippen LogP contribution in [-0.2, 0) is 16.0 Å². The summed E-state index contributed by atoms with van der Waals surface area (Å²) in [5.41, 5.74) is 13.9. The van der Waals surface area contributed by atoms with Gasteiger partial charge in [0, 0.05) is 30.0 Å². The molecule has 0 radical (unpaired) electrons. The summed E-state index contributed by atoms with van der Waals surface area (Å²) >= 11 is 0. The molecule has 1 aromatic carbocycles. The van der Waals surface area contributed by atoms with Crippen LogP contribution in [0.3, 0.4) is 0 Å². The van der Waals surface area contributed by atoms with Crippen molar-refractivity contribution < 1.29 is 24.6 Å². The Morgan fingerprint density at radius 3 is 2.53 bits per heavy atom. The van der Waals surface area contributed by atoms with Crippen molar-refractivity contribution in [1.82, 2.24) is 15.3 Å². The number of nitrogen functional groups attached to an aromatic ring is 2. The number of anilines is 3. The molecule has 0 bridgehead atoms. The van der Waals surface area contributed by atoms with E-state index in [2.05, 4.69) is 20.6 Å². The molecule has 1 amide bonds. The predicted octanol–water partition coefficient (Wildman–Crippen LogP) is 1.22. The van der Waals surface area contributed by atoms with Gasteiger partial charge in [-0.2, -0.15) is 9.97 Å². The quantitative estimate of drug-likeness (QED) is 0.311. The third kappa shape index (κ3) is 5.62. The Morgan fingerprint density at radius 1 is 1.16 bits per heavy atom. The standard InChI is InChI=1S/C21H26N6O5/c22-17-16-13(10-24-18(16)27-21(23)26-17)3-1-2-11-4-6-12(7-5-11)19(30)25-14(20(31)32)8-9-15(28)29/h4-7,13-14H,1-3,8-10H2,(H,25,30)(H,28,29)(H,31,32)(H5,22,23,24,26,27)/t13?,14-/m0/s1. The van der Waals surface area contributed by atoms with Gasteiger partial charge in [0.15, 0.2) is 0 Å². The van der Waals surface area contributed by atoms with E-state index in [4.69, 9.17) is 16.6 Å². The van der Waals surface area contributed by atoms with Gasteiger partial charge >= 0.3 is 11.9 Å². The van der Waals surface area contributed by atoms with Crippen LogP contribution in [0.15, 0.2) is 24.3 Å². The second kappa shape index (κ2) is 9.94. The average molecular weight is 442 g/mol. The average Bonchev–Trinajstić information content (AvgIpc) is 3.14. The predicted molar refractivity (Wildman–Crippen MR) is 117 cm³/mol. The Kier molecular flexibility index (Phi) is 7.08. The van der Waals surface area contributed by atoms with Gasteiger partial charge in [0.25, 0.3) is 5.91 Å². The molecule has 32 heavy (non-hydrogen) atoms. The lowest BCUT2D eigenvalue weighted by atomic mass is 9.95. The van der Waals surface area contributed by atoms with Crippen LogP contribution in [0, 0.1) is 0 Å².